The van der Waals surface area contributed by atoms with E-state index in [0.29, 0.717) is 112 Å². The second kappa shape index (κ2) is 40.8. The van der Waals surface area contributed by atoms with Crippen LogP contribution in [0.1, 0.15) is 220 Å². The second-order valence-corrected chi connectivity index (χ2v) is 31.7. The number of fused-ring (bicyclic) bond motifs is 5. The highest BCUT2D eigenvalue weighted by atomic mass is 35.5. The minimum absolute atomic E-state index is 0.0117. The number of carbonyl (C=O) groups excluding carboxylic acids is 10. The molecule has 1 unspecified atom stereocenters. The average molecular weight is 1750 g/mol. The molecule has 0 aromatic heterocycles. The highest BCUT2D eigenvalue weighted by molar-refractivity contribution is 6.33. The van der Waals surface area contributed by atoms with Gasteiger partial charge in [-0.2, -0.15) is 0 Å². The van der Waals surface area contributed by atoms with E-state index in [4.69, 9.17) is 77.0 Å². The number of ether oxygens (including phenoxy) is 4. The minimum Gasteiger partial charge on any atom is -0.507 e. The van der Waals surface area contributed by atoms with Crippen molar-refractivity contribution in [3.63, 3.8) is 0 Å². The number of rotatable bonds is 25. The smallest absolute Gasteiger partial charge is 0.265 e. The molecule has 0 radical (unpaired) electrons. The summed E-state index contributed by atoms with van der Waals surface area (Å²) in [5, 5.41) is 13.1. The van der Waals surface area contributed by atoms with Crippen LogP contribution in [0.3, 0.4) is 0 Å². The van der Waals surface area contributed by atoms with Gasteiger partial charge in [-0.15, -0.1) is 0 Å². The van der Waals surface area contributed by atoms with Gasteiger partial charge in [0, 0.05) is 31.7 Å². The monoisotopic (exact) mass is 1740 g/mol. The third-order valence-electron chi connectivity index (χ3n) is 21.0. The molecule has 0 bridgehead atoms. The highest BCUT2D eigenvalue weighted by Gasteiger charge is 2.43. The largest absolute Gasteiger partial charge is 0.507 e. The van der Waals surface area contributed by atoms with E-state index in [2.05, 4.69) is 25.7 Å². The fourth-order valence-corrected chi connectivity index (χ4v) is 15.1. The first-order valence-electron chi connectivity index (χ1n) is 40.1. The lowest BCUT2D eigenvalue weighted by Gasteiger charge is -2.18. The summed E-state index contributed by atoms with van der Waals surface area (Å²) < 4.78 is 22.9. The van der Waals surface area contributed by atoms with Crippen molar-refractivity contribution >= 4 is 117 Å². The summed E-state index contributed by atoms with van der Waals surface area (Å²) in [5.41, 5.74) is 12.2. The molecule has 0 saturated heterocycles. The lowest BCUT2D eigenvalue weighted by Crippen LogP contribution is -2.29. The minimum atomic E-state index is -0.472. The van der Waals surface area contributed by atoms with Gasteiger partial charge < -0.3 is 29.0 Å². The van der Waals surface area contributed by atoms with E-state index in [1.54, 1.807) is 121 Å². The summed E-state index contributed by atoms with van der Waals surface area (Å²) in [5.74, 6) is -1.55. The zero-order valence-corrected chi connectivity index (χ0v) is 73.3. The fraction of sp³-hybridized carbons (Fsp3) is 0.271. The normalized spacial score (nSPS) is 13.7. The van der Waals surface area contributed by atoms with Crippen molar-refractivity contribution in [2.45, 2.75) is 134 Å². The van der Waals surface area contributed by atoms with Crippen molar-refractivity contribution in [2.75, 3.05) is 39.5 Å². The number of imide groups is 5. The van der Waals surface area contributed by atoms with Crippen LogP contribution in [0.2, 0.25) is 25.1 Å². The van der Waals surface area contributed by atoms with Crippen LogP contribution in [-0.4, -0.2) is 139 Å². The molecule has 5 aliphatic heterocycles. The van der Waals surface area contributed by atoms with Crippen molar-refractivity contribution in [3.8, 4) is 28.7 Å². The maximum atomic E-state index is 13.0. The molecule has 0 spiro atoms. The van der Waals surface area contributed by atoms with Gasteiger partial charge in [-0.3, -0.25) is 72.4 Å². The number of hydrogen-bond acceptors (Lipinski definition) is 16. The number of hydrogen-bond donors (Lipinski definition) is 1. The first-order valence-corrected chi connectivity index (χ1v) is 42.0. The number of carbonyl (C=O) groups is 10. The van der Waals surface area contributed by atoms with E-state index in [0.717, 1.165) is 99.4 Å². The summed E-state index contributed by atoms with van der Waals surface area (Å²) >= 11 is 30.2. The van der Waals surface area contributed by atoms with Gasteiger partial charge in [-0.1, -0.05) is 183 Å². The van der Waals surface area contributed by atoms with Gasteiger partial charge in [0.2, 0.25) is 0 Å². The quantitative estimate of drug-likeness (QED) is 0.0522. The van der Waals surface area contributed by atoms with Crippen molar-refractivity contribution in [1.29, 1.82) is 0 Å². The Balaban J connectivity index is 0.000000149. The summed E-state index contributed by atoms with van der Waals surface area (Å²) in [7, 11) is 0. The lowest BCUT2D eigenvalue weighted by atomic mass is 10.1. The molecule has 5 aliphatic rings. The zero-order valence-electron chi connectivity index (χ0n) is 69.5. The van der Waals surface area contributed by atoms with E-state index in [1.807, 2.05) is 110 Å². The highest BCUT2D eigenvalue weighted by Crippen LogP contribution is 2.39. The molecule has 26 heteroatoms. The maximum Gasteiger partial charge on any atom is 0.265 e. The van der Waals surface area contributed by atoms with Crippen LogP contribution in [0.5, 0.6) is 28.7 Å². The van der Waals surface area contributed by atoms with Crippen molar-refractivity contribution in [3.05, 3.63) is 318 Å². The summed E-state index contributed by atoms with van der Waals surface area (Å²) in [6, 6.07) is 52.5. The molecule has 21 nitrogen and oxygen atoms in total. The number of likely N-dealkylation sites (N-methyl/N-ethyl adjacent to an activating group) is 1. The Morgan fingerprint density at radius 1 is 0.328 bits per heavy atom. The Morgan fingerprint density at radius 2 is 0.598 bits per heavy atom. The molecule has 10 amide bonds. The maximum absolute atomic E-state index is 13.0. The van der Waals surface area contributed by atoms with Gasteiger partial charge in [0.15, 0.2) is 0 Å². The van der Waals surface area contributed by atoms with Crippen LogP contribution < -0.4 is 18.9 Å². The number of benzene rings is 10. The molecule has 0 fully saturated rings. The molecule has 632 valence electrons. The van der Waals surface area contributed by atoms with Gasteiger partial charge in [-0.25, -0.2) is 0 Å². The Morgan fingerprint density at radius 3 is 0.877 bits per heavy atom. The fourth-order valence-electron chi connectivity index (χ4n) is 14.5. The van der Waals surface area contributed by atoms with E-state index >= 15 is 0 Å². The van der Waals surface area contributed by atoms with Crippen LogP contribution in [0.15, 0.2) is 182 Å². The number of aromatic hydroxyl groups is 1. The molecule has 0 saturated carbocycles. The molecule has 122 heavy (non-hydrogen) atoms. The van der Waals surface area contributed by atoms with Crippen molar-refractivity contribution < 1.29 is 72.0 Å². The molecule has 15 rings (SSSR count). The van der Waals surface area contributed by atoms with E-state index in [9.17, 15) is 53.1 Å². The third-order valence-corrected chi connectivity index (χ3v) is 23.1. The first-order chi connectivity index (χ1) is 58.4. The van der Waals surface area contributed by atoms with Crippen LogP contribution in [0, 0.1) is 34.6 Å². The summed E-state index contributed by atoms with van der Waals surface area (Å²) in [6.45, 7) is 26.6. The molecule has 0 aliphatic carbocycles. The first kappa shape index (κ1) is 91.1. The van der Waals surface area contributed by atoms with Gasteiger partial charge in [0.25, 0.3) is 59.1 Å². The molecular weight excluding hydrogens is 1650 g/mol. The molecule has 10 aromatic rings. The molecule has 5 heterocycles. The van der Waals surface area contributed by atoms with Gasteiger partial charge in [0.1, 0.15) is 35.4 Å². The van der Waals surface area contributed by atoms with Gasteiger partial charge in [0.05, 0.1) is 108 Å². The Bertz CT molecular complexity index is 5750. The van der Waals surface area contributed by atoms with Crippen molar-refractivity contribution in [1.82, 2.24) is 29.4 Å². The third kappa shape index (κ3) is 20.4. The number of nitrogens with zero attached hydrogens (tertiary/aromatic N) is 6. The number of halogens is 5. The number of phenols is 1. The van der Waals surface area contributed by atoms with Crippen LogP contribution in [0.4, 0.5) is 0 Å². The van der Waals surface area contributed by atoms with Gasteiger partial charge in [-0.05, 0) is 221 Å². The molecule has 10 aromatic carbocycles. The second-order valence-electron chi connectivity index (χ2n) is 29.7. The molecule has 1 N–H and O–H groups in total. The van der Waals surface area contributed by atoms with Crippen LogP contribution >= 0.6 is 58.0 Å². The predicted octanol–water partition coefficient (Wildman–Crippen LogP) is 20.4. The Kier molecular flexibility index (Phi) is 30.4. The zero-order chi connectivity index (χ0) is 88.1. The van der Waals surface area contributed by atoms with E-state index < -0.39 is 11.8 Å². The molecular formula is C96H93Cl5N6O15. The topological polar surface area (TPSA) is 247 Å². The van der Waals surface area contributed by atoms with Crippen molar-refractivity contribution in [2.24, 2.45) is 0 Å². The summed E-state index contributed by atoms with van der Waals surface area (Å²) in [4.78, 5) is 135. The standard InChI is InChI=1S/C22H25ClN2O3.C21H22ClNO3.C19H18ClNO3.C18H16ClNO3.C16H12ClNO3/c1-4-24(5-2)11-12-28-19-8-6-7-17-20(19)22(27)25(21(17)26)14-16-9-10-18(23)15(3)13-16;1-4-6-14(3)26-18-8-5-7-16-19(18)21(25)23(20(16)24)12-15-9-10-17(22)13(2)11-15;1-3-9-24-16-6-4-5-14-17(16)19(23)21(18(14)22)11-13-7-8-15(20)12(2)10-13;1-3-23-15-6-4-5-13-16(15)18(22)20(17(13)21)10-12-7-8-14(19)11(2)9-12;1-9-7-10(5-6-12(9)17)8-18-15(20)11-3-2-4-13(19)14(11)16(18)21/h6-10,13H,4-5,11-12,14H2,1-3H3;5,7-11,14H,4,6,12H2,1-3H3;4-8,10H,3,9,11H2,1-2H3;4-9H,3,10H2,1-2H3;2-7,19H,8H2,1H3. The van der Waals surface area contributed by atoms with Crippen LogP contribution in [-0.2, 0) is 32.7 Å². The number of aryl methyl sites for hydroxylation is 5. The van der Waals surface area contributed by atoms with Crippen LogP contribution in [0.25, 0.3) is 0 Å². The predicted molar refractivity (Wildman–Crippen MR) is 471 cm³/mol. The average Bonchev–Trinajstić information content (AvgIpc) is 1.67. The van der Waals surface area contributed by atoms with E-state index in [1.165, 1.54) is 25.7 Å². The summed E-state index contributed by atoms with van der Waals surface area (Å²) in [6.07, 6.45) is 2.70. The Labute approximate surface area is 734 Å². The molecule has 1 atom stereocenters. The number of phenolic OH excluding ortho intramolecular Hbond substituents is 1. The number of amides is 10. The van der Waals surface area contributed by atoms with E-state index in [-0.39, 0.29) is 103 Å². The SMILES string of the molecule is CCCC(C)Oc1cccc2c1C(=O)N(Cc1ccc(Cl)c(C)c1)C2=O.CCCOc1cccc2c1C(=O)N(Cc1ccc(Cl)c(C)c1)C2=O.CCN(CC)CCOc1cccc2c1C(=O)N(Cc1ccc(Cl)c(C)c1)C2=O.CCOc1cccc2c1C(=O)N(Cc1ccc(Cl)c(C)c1)C2=O.Cc1cc(CN2C(=O)c3cccc(O)c3C2=O)ccc1Cl. The Hall–Kier alpha value is -11.7. The lowest BCUT2D eigenvalue weighted by molar-refractivity contribution is 0.0625. The van der Waals surface area contributed by atoms with Gasteiger partial charge >= 0.3 is 0 Å².